The van der Waals surface area contributed by atoms with Gasteiger partial charge in [0.15, 0.2) is 0 Å². The molecule has 5 fully saturated rings. The molecule has 2 aromatic rings. The maximum atomic E-state index is 14.7. The number of hydrogen-bond donors (Lipinski definition) is 3. The van der Waals surface area contributed by atoms with Crippen LogP contribution in [0.2, 0.25) is 5.02 Å². The van der Waals surface area contributed by atoms with Gasteiger partial charge in [0.1, 0.15) is 35.5 Å². The number of nitrogens with one attached hydrogen (secondary N) is 3. The first kappa shape index (κ1) is 39.9. The molecule has 6 aliphatic rings. The Kier molecular flexibility index (Phi) is 10.3. The van der Waals surface area contributed by atoms with Crippen molar-refractivity contribution in [2.45, 2.75) is 133 Å². The van der Waals surface area contributed by atoms with Crippen LogP contribution in [0, 0.1) is 29.1 Å². The fraction of sp³-hybridized carbons (Fsp3) is 0.692. The third kappa shape index (κ3) is 8.11. The Morgan fingerprint density at radius 3 is 2.49 bits per heavy atom. The Hall–Kier alpha value is -3.86. The van der Waals surface area contributed by atoms with Gasteiger partial charge in [-0.15, -0.1) is 0 Å². The van der Waals surface area contributed by atoms with E-state index in [1.54, 1.807) is 39.0 Å². The van der Waals surface area contributed by atoms with E-state index >= 15 is 0 Å². The van der Waals surface area contributed by atoms with Crippen LogP contribution < -0.4 is 20.1 Å². The van der Waals surface area contributed by atoms with E-state index in [0.717, 1.165) is 38.5 Å². The lowest BCUT2D eigenvalue weighted by Gasteiger charge is -2.36. The van der Waals surface area contributed by atoms with Crippen LogP contribution in [0.1, 0.15) is 90.7 Å². The monoisotopic (exact) mass is 834 g/mol. The molecule has 1 saturated heterocycles. The molecule has 14 nitrogen and oxygen atoms in total. The van der Waals surface area contributed by atoms with E-state index in [1.165, 1.54) is 4.90 Å². The number of amides is 4. The Labute approximate surface area is 335 Å². The third-order valence-electron chi connectivity index (χ3n) is 12.7. The van der Waals surface area contributed by atoms with Crippen LogP contribution in [-0.4, -0.2) is 95.2 Å². The number of carbonyl (C=O) groups is 4. The number of aromatic nitrogens is 2. The SMILES string of the molecule is CC(C)(C)[C@@H]1NC(=O)O[C@@H]2C[C@H]3C[C@@H]3[C@H]2CCCCCc2nc3ccc(Cl)cc3nc2O[C@@H]2C[C@@H](C(=O)N[C@]3(C(=O)NS(=O)(=O)C4CC4)C[C@H]3C(F)F)N(C2)C1=O. The van der Waals surface area contributed by atoms with Gasteiger partial charge in [-0.2, -0.15) is 0 Å². The van der Waals surface area contributed by atoms with Crippen molar-refractivity contribution in [2.75, 3.05) is 6.54 Å². The zero-order chi connectivity index (χ0) is 40.6. The number of nitrogens with zero attached hydrogens (tertiary/aromatic N) is 3. The number of halogens is 3. The molecule has 2 bridgehead atoms. The third-order valence-corrected chi connectivity index (χ3v) is 14.7. The summed E-state index contributed by atoms with van der Waals surface area (Å²) in [5, 5.41) is 4.87. The molecule has 9 atom stereocenters. The number of alkyl carbamates (subject to hydrolysis) is 1. The molecule has 1 aromatic carbocycles. The van der Waals surface area contributed by atoms with E-state index in [-0.39, 0.29) is 30.9 Å². The minimum atomic E-state index is -4.13. The number of fused-ring (bicyclic) bond motifs is 7. The summed E-state index contributed by atoms with van der Waals surface area (Å²) >= 11 is 6.30. The van der Waals surface area contributed by atoms with E-state index in [2.05, 4.69) is 10.6 Å². The predicted molar refractivity (Wildman–Crippen MR) is 203 cm³/mol. The average molecular weight is 835 g/mol. The van der Waals surface area contributed by atoms with Crippen molar-refractivity contribution < 1.29 is 45.9 Å². The molecule has 1 aromatic heterocycles. The summed E-state index contributed by atoms with van der Waals surface area (Å²) in [6, 6.07) is 2.59. The maximum absolute atomic E-state index is 14.7. The van der Waals surface area contributed by atoms with Crippen molar-refractivity contribution in [1.29, 1.82) is 0 Å². The van der Waals surface area contributed by atoms with Gasteiger partial charge in [-0.25, -0.2) is 32.0 Å². The second-order valence-electron chi connectivity index (χ2n) is 17.9. The molecular weight excluding hydrogens is 786 g/mol. The summed E-state index contributed by atoms with van der Waals surface area (Å²) in [7, 11) is -4.13. The second-order valence-corrected chi connectivity index (χ2v) is 20.3. The second kappa shape index (κ2) is 14.8. The smallest absolute Gasteiger partial charge is 0.408 e. The molecule has 18 heteroatoms. The molecule has 2 aliphatic heterocycles. The molecule has 310 valence electrons. The summed E-state index contributed by atoms with van der Waals surface area (Å²) < 4.78 is 68.2. The lowest BCUT2D eigenvalue weighted by atomic mass is 9.85. The highest BCUT2D eigenvalue weighted by Crippen LogP contribution is 2.58. The highest BCUT2D eigenvalue weighted by Gasteiger charge is 2.67. The largest absolute Gasteiger partial charge is 0.471 e. The molecule has 4 aliphatic carbocycles. The standard InChI is InChI=1S/C39H49ClF2N6O8S/c1-38(2,3)31-35(50)48-18-21(16-29(48)33(49)46-39(17-25(39)32(41)42)36(51)47-57(53,54)22-10-11-22)55-34-27(43-26-12-9-20(40)15-28(26)44-34)8-6-4-5-7-23-24-13-19(24)14-30(23)56-37(52)45-31/h9,12,15,19,21-25,29-32H,4-8,10-11,13-14,16-18H2,1-3H3,(H,45,52)(H,46,49)(H,47,51)/t19-,21-,23-,24+,25+,29+,30-,31-,39-/m1/s1. The number of alkyl halides is 2. The quantitative estimate of drug-likeness (QED) is 0.370. The maximum Gasteiger partial charge on any atom is 0.408 e. The Balaban J connectivity index is 1.13. The van der Waals surface area contributed by atoms with Gasteiger partial charge in [-0.05, 0) is 92.7 Å². The number of sulfonamides is 1. The normalized spacial score (nSPS) is 33.1. The van der Waals surface area contributed by atoms with Gasteiger partial charge in [0.25, 0.3) is 5.91 Å². The van der Waals surface area contributed by atoms with Gasteiger partial charge in [0.05, 0.1) is 28.7 Å². The van der Waals surface area contributed by atoms with E-state index in [4.69, 9.17) is 31.0 Å². The molecule has 57 heavy (non-hydrogen) atoms. The van der Waals surface area contributed by atoms with Crippen LogP contribution in [0.5, 0.6) is 5.88 Å². The van der Waals surface area contributed by atoms with Crippen molar-refractivity contribution >= 4 is 56.5 Å². The van der Waals surface area contributed by atoms with Crippen molar-refractivity contribution in [1.82, 2.24) is 30.2 Å². The lowest BCUT2D eigenvalue weighted by molar-refractivity contribution is -0.143. The summed E-state index contributed by atoms with van der Waals surface area (Å²) in [5.74, 6) is -3.06. The van der Waals surface area contributed by atoms with Crippen molar-refractivity contribution in [3.05, 3.63) is 28.9 Å². The van der Waals surface area contributed by atoms with Crippen molar-refractivity contribution in [3.63, 3.8) is 0 Å². The predicted octanol–water partition coefficient (Wildman–Crippen LogP) is 4.66. The lowest BCUT2D eigenvalue weighted by Crippen LogP contribution is -2.60. The molecular formula is C39H49ClF2N6O8S. The molecule has 4 amide bonds. The van der Waals surface area contributed by atoms with Gasteiger partial charge in [-0.3, -0.25) is 19.1 Å². The minimum Gasteiger partial charge on any atom is -0.471 e. The topological polar surface area (TPSA) is 186 Å². The van der Waals surface area contributed by atoms with Gasteiger partial charge < -0.3 is 25.0 Å². The molecule has 3 heterocycles. The molecule has 3 N–H and O–H groups in total. The van der Waals surface area contributed by atoms with E-state index in [9.17, 15) is 36.4 Å². The number of aryl methyl sites for hydroxylation is 1. The number of ether oxygens (including phenoxy) is 2. The summed E-state index contributed by atoms with van der Waals surface area (Å²) in [6.45, 7) is 5.10. The Morgan fingerprint density at radius 1 is 1.02 bits per heavy atom. The Bertz CT molecular complexity index is 2080. The fourth-order valence-corrected chi connectivity index (χ4v) is 10.7. The van der Waals surface area contributed by atoms with E-state index in [1.807, 2.05) is 4.72 Å². The van der Waals surface area contributed by atoms with Gasteiger partial charge in [0.2, 0.25) is 34.1 Å². The zero-order valence-electron chi connectivity index (χ0n) is 32.1. The van der Waals surface area contributed by atoms with E-state index in [0.29, 0.717) is 52.8 Å². The molecule has 0 radical (unpaired) electrons. The first-order valence-electron chi connectivity index (χ1n) is 20.0. The minimum absolute atomic E-state index is 0.141. The van der Waals surface area contributed by atoms with Crippen molar-refractivity contribution in [3.8, 4) is 5.88 Å². The molecule has 0 unspecified atom stereocenters. The van der Waals surface area contributed by atoms with Gasteiger partial charge in [0, 0.05) is 11.4 Å². The number of benzene rings is 1. The average Bonchev–Trinajstić information content (AvgIpc) is 4.07. The van der Waals surface area contributed by atoms with Crippen LogP contribution in [0.4, 0.5) is 13.6 Å². The number of carbonyl (C=O) groups excluding carboxylic acids is 4. The summed E-state index contributed by atoms with van der Waals surface area (Å²) in [6.07, 6.45) is 0.987. The fourth-order valence-electron chi connectivity index (χ4n) is 9.18. The summed E-state index contributed by atoms with van der Waals surface area (Å²) in [5.41, 5.74) is -1.42. The highest BCUT2D eigenvalue weighted by atomic mass is 35.5. The van der Waals surface area contributed by atoms with Crippen LogP contribution >= 0.6 is 11.6 Å². The number of rotatable bonds is 6. The highest BCUT2D eigenvalue weighted by molar-refractivity contribution is 7.91. The molecule has 0 spiro atoms. The first-order chi connectivity index (χ1) is 26.9. The molecule has 4 saturated carbocycles. The van der Waals surface area contributed by atoms with Gasteiger partial charge >= 0.3 is 6.09 Å². The van der Waals surface area contributed by atoms with Crippen LogP contribution in [0.15, 0.2) is 18.2 Å². The van der Waals surface area contributed by atoms with E-state index < -0.39 is 87.0 Å². The van der Waals surface area contributed by atoms with Crippen molar-refractivity contribution in [2.24, 2.45) is 29.1 Å². The van der Waals surface area contributed by atoms with Gasteiger partial charge in [-0.1, -0.05) is 45.2 Å². The zero-order valence-corrected chi connectivity index (χ0v) is 33.7. The van der Waals surface area contributed by atoms with Crippen LogP contribution in [0.3, 0.4) is 0 Å². The first-order valence-corrected chi connectivity index (χ1v) is 21.9. The molecule has 8 rings (SSSR count). The Morgan fingerprint density at radius 2 is 1.79 bits per heavy atom. The number of hydrogen-bond acceptors (Lipinski definition) is 10. The van der Waals surface area contributed by atoms with Crippen LogP contribution in [-0.2, 0) is 35.6 Å². The summed E-state index contributed by atoms with van der Waals surface area (Å²) in [4.78, 5) is 66.9. The van der Waals surface area contributed by atoms with Crippen LogP contribution in [0.25, 0.3) is 11.0 Å².